The topological polar surface area (TPSA) is 459 Å². The van der Waals surface area contributed by atoms with E-state index in [1.165, 1.54) is 0 Å². The summed E-state index contributed by atoms with van der Waals surface area (Å²) in [6.07, 6.45) is -2.61. The highest BCUT2D eigenvalue weighted by atomic mass is 32.2. The molecule has 0 aromatic carbocycles. The Labute approximate surface area is 321 Å². The number of aliphatic hydroxyl groups excluding tert-OH is 1. The van der Waals surface area contributed by atoms with Crippen LogP contribution in [0.25, 0.3) is 0 Å². The van der Waals surface area contributed by atoms with Gasteiger partial charge in [0.2, 0.25) is 29.4 Å². The third-order valence-corrected chi connectivity index (χ3v) is 10.9. The molecule has 29 heteroatoms. The molecule has 320 valence electrons. The maximum Gasteiger partial charge on any atom is 0.376 e. The van der Waals surface area contributed by atoms with Crippen LogP contribution in [0, 0.1) is 0 Å². The maximum atomic E-state index is 14.0. The number of carbonyl (C=O) groups is 10. The minimum atomic E-state index is -5.66. The smallest absolute Gasteiger partial charge is 0.376 e. The number of nitrogens with two attached hydrogens (primary N) is 2. The lowest BCUT2D eigenvalue weighted by Gasteiger charge is -2.29. The zero-order valence-electron chi connectivity index (χ0n) is 29.6. The van der Waals surface area contributed by atoms with Crippen molar-refractivity contribution in [2.24, 2.45) is 11.5 Å². The molecule has 0 aromatic heterocycles. The second-order valence-electron chi connectivity index (χ2n) is 11.9. The molecule has 0 bridgehead atoms. The monoisotopic (exact) mass is 860 g/mol. The lowest BCUT2D eigenvalue weighted by Crippen LogP contribution is -2.56. The number of carbonyl (C=O) groups excluding carboxylic acids is 6. The Morgan fingerprint density at radius 3 is 1.56 bits per heavy atom. The molecule has 57 heavy (non-hydrogen) atoms. The lowest BCUT2D eigenvalue weighted by molar-refractivity contribution is -0.170. The average molecular weight is 861 g/mol. The van der Waals surface area contributed by atoms with Gasteiger partial charge in [-0.15, -0.1) is 0 Å². The van der Waals surface area contributed by atoms with Gasteiger partial charge in [-0.1, -0.05) is 0 Å². The van der Waals surface area contributed by atoms with Crippen LogP contribution < -0.4 is 32.7 Å². The van der Waals surface area contributed by atoms with Gasteiger partial charge in [0.15, 0.2) is 19.7 Å². The molecule has 4 amide bonds. The first-order valence-electron chi connectivity index (χ1n) is 16.0. The van der Waals surface area contributed by atoms with Gasteiger partial charge in [0.25, 0.3) is 5.60 Å². The molecule has 27 nitrogen and oxygen atoms in total. The maximum absolute atomic E-state index is 14.0. The van der Waals surface area contributed by atoms with Crippen LogP contribution in [0.5, 0.6) is 0 Å². The Bertz CT molecular complexity index is 1900. The number of carboxylic acids is 4. The minimum absolute atomic E-state index is 0.545. The molecule has 1 heterocycles. The van der Waals surface area contributed by atoms with E-state index in [2.05, 4.69) is 0 Å². The molecule has 13 N–H and O–H groups in total. The number of esters is 2. The van der Waals surface area contributed by atoms with Crippen LogP contribution in [0.1, 0.15) is 32.6 Å². The van der Waals surface area contributed by atoms with Gasteiger partial charge in [-0.05, 0) is 19.8 Å². The largest absolute Gasteiger partial charge is 0.501 e. The summed E-state index contributed by atoms with van der Waals surface area (Å²) < 4.78 is 64.9. The molecular formula is C28H40N6O21S2. The van der Waals surface area contributed by atoms with E-state index in [-0.39, 0.29) is 0 Å². The first-order valence-corrected chi connectivity index (χ1v) is 19.5. The predicted molar refractivity (Wildman–Crippen MR) is 182 cm³/mol. The summed E-state index contributed by atoms with van der Waals surface area (Å²) in [6, 6.07) is -7.85. The van der Waals surface area contributed by atoms with Gasteiger partial charge >= 0.3 is 35.8 Å². The Hall–Kier alpha value is -5.94. The number of nitrogens with one attached hydrogen (secondary N) is 4. The van der Waals surface area contributed by atoms with Crippen molar-refractivity contribution < 1.29 is 99.8 Å². The van der Waals surface area contributed by atoms with E-state index < -0.39 is 182 Å². The third kappa shape index (κ3) is 14.9. The van der Waals surface area contributed by atoms with Crippen LogP contribution in [0.4, 0.5) is 0 Å². The molecule has 1 aliphatic heterocycles. The van der Waals surface area contributed by atoms with E-state index in [1.807, 2.05) is 10.6 Å². The summed E-state index contributed by atoms with van der Waals surface area (Å²) in [5.74, 6) is -23.2. The second kappa shape index (κ2) is 20.8. The van der Waals surface area contributed by atoms with Crippen LogP contribution in [0.15, 0.2) is 10.7 Å². The van der Waals surface area contributed by atoms with Gasteiger partial charge in [0.05, 0.1) is 18.1 Å². The Morgan fingerprint density at radius 2 is 1.18 bits per heavy atom. The van der Waals surface area contributed by atoms with E-state index in [9.17, 15) is 69.9 Å². The van der Waals surface area contributed by atoms with Crippen molar-refractivity contribution in [1.29, 1.82) is 0 Å². The van der Waals surface area contributed by atoms with Crippen molar-refractivity contribution in [3.8, 4) is 0 Å². The second-order valence-corrected chi connectivity index (χ2v) is 16.0. The van der Waals surface area contributed by atoms with Crippen LogP contribution in [0.3, 0.4) is 0 Å². The SMILES string of the molecule is CCOC(=O)C1(CS(=O)(=O)CC(NC(=O)CCC(N)C(=O)O)C(=O)NCC(=O)O)OC(=O)C(O)=C1S(=O)(=O)CC(NC(=O)CCC(N)C(=O)O)C(=O)NCC(=O)O. The fourth-order valence-electron chi connectivity index (χ4n) is 4.69. The molecule has 0 fully saturated rings. The number of sulfone groups is 2. The van der Waals surface area contributed by atoms with Gasteiger partial charge in [0.1, 0.15) is 47.9 Å². The zero-order valence-corrected chi connectivity index (χ0v) is 31.3. The fourth-order valence-corrected chi connectivity index (χ4v) is 8.50. The molecule has 5 atom stereocenters. The van der Waals surface area contributed by atoms with E-state index in [0.717, 1.165) is 6.92 Å². The number of hydrogen-bond donors (Lipinski definition) is 11. The van der Waals surface area contributed by atoms with Gasteiger partial charge in [-0.2, -0.15) is 0 Å². The van der Waals surface area contributed by atoms with E-state index in [0.29, 0.717) is 0 Å². The molecule has 0 spiro atoms. The van der Waals surface area contributed by atoms with E-state index >= 15 is 0 Å². The number of ether oxygens (including phenoxy) is 2. The zero-order chi connectivity index (χ0) is 44.1. The lowest BCUT2D eigenvalue weighted by atomic mass is 10.1. The van der Waals surface area contributed by atoms with Gasteiger partial charge < -0.3 is 67.7 Å². The third-order valence-electron chi connectivity index (χ3n) is 7.32. The standard InChI is InChI=1S/C28H40N6O21S2/c1-2-54-27(49)28(11-56(50,51)9-14(22(42)31-7-18(37)38)33-16(35)5-3-12(29)24(44)45)21(20(41)26(48)55-28)57(52,53)10-15(23(43)32-8-19(39)40)34-17(36)6-4-13(30)25(46)47/h12-15,41H,2-11,29-30H2,1H3,(H,31,42)(H,32,43)(H,33,35)(H,34,36)(H,37,38)(H,39,40)(H,44,45)(H,46,47). The van der Waals surface area contributed by atoms with Crippen molar-refractivity contribution in [3.63, 3.8) is 0 Å². The number of aliphatic hydroxyl groups is 1. The molecule has 0 saturated heterocycles. The van der Waals surface area contributed by atoms with Gasteiger partial charge in [-0.25, -0.2) is 26.4 Å². The molecule has 0 radical (unpaired) electrons. The van der Waals surface area contributed by atoms with Crippen LogP contribution in [-0.2, 0) is 77.1 Å². The van der Waals surface area contributed by atoms with Crippen molar-refractivity contribution in [3.05, 3.63) is 10.7 Å². The van der Waals surface area contributed by atoms with Crippen molar-refractivity contribution in [1.82, 2.24) is 21.3 Å². The molecule has 1 aliphatic rings. The number of amides is 4. The predicted octanol–water partition coefficient (Wildman–Crippen LogP) is -6.80. The summed E-state index contributed by atoms with van der Waals surface area (Å²) in [4.78, 5) is 119. The Kier molecular flexibility index (Phi) is 17.9. The normalized spacial score (nSPS) is 17.5. The molecule has 0 aromatic rings. The summed E-state index contributed by atoms with van der Waals surface area (Å²) in [5, 5.41) is 53.7. The molecular weight excluding hydrogens is 820 g/mol. The number of aliphatic carboxylic acids is 4. The highest BCUT2D eigenvalue weighted by molar-refractivity contribution is 7.95. The number of rotatable bonds is 25. The summed E-state index contributed by atoms with van der Waals surface area (Å²) in [6.45, 7) is -1.85. The van der Waals surface area contributed by atoms with Gasteiger partial charge in [-0.3, -0.25) is 38.4 Å². The number of cyclic esters (lactones) is 1. The highest BCUT2D eigenvalue weighted by Crippen LogP contribution is 2.39. The Balaban J connectivity index is 3.75. The van der Waals surface area contributed by atoms with Crippen molar-refractivity contribution >= 4 is 79.1 Å². The average Bonchev–Trinajstić information content (AvgIpc) is 3.35. The highest BCUT2D eigenvalue weighted by Gasteiger charge is 2.62. The van der Waals surface area contributed by atoms with E-state index in [4.69, 9.17) is 41.4 Å². The molecule has 0 aliphatic carbocycles. The van der Waals surface area contributed by atoms with Crippen LogP contribution in [0.2, 0.25) is 0 Å². The molecule has 5 unspecified atom stereocenters. The minimum Gasteiger partial charge on any atom is -0.501 e. The van der Waals surface area contributed by atoms with Gasteiger partial charge in [0, 0.05) is 12.8 Å². The first kappa shape index (κ1) is 49.1. The number of carboxylic acid groups (broad SMARTS) is 4. The molecule has 1 rings (SSSR count). The fraction of sp³-hybridized carbons (Fsp3) is 0.571. The summed E-state index contributed by atoms with van der Waals surface area (Å²) in [5.41, 5.74) is 6.98. The number of hydrogen-bond acceptors (Lipinski definition) is 19. The quantitative estimate of drug-likeness (QED) is 0.0380. The van der Waals surface area contributed by atoms with Crippen molar-refractivity contribution in [2.75, 3.05) is 37.0 Å². The van der Waals surface area contributed by atoms with Crippen molar-refractivity contribution in [2.45, 2.75) is 62.4 Å². The Morgan fingerprint density at radius 1 is 0.754 bits per heavy atom. The summed E-state index contributed by atoms with van der Waals surface area (Å²) in [7, 11) is -11.0. The van der Waals surface area contributed by atoms with Crippen LogP contribution in [-0.4, -0.2) is 169 Å². The van der Waals surface area contributed by atoms with Crippen LogP contribution >= 0.6 is 0 Å². The molecule has 0 saturated carbocycles. The first-order chi connectivity index (χ1) is 26.2. The van der Waals surface area contributed by atoms with E-state index in [1.54, 1.807) is 10.6 Å². The summed E-state index contributed by atoms with van der Waals surface area (Å²) >= 11 is 0.